The summed E-state index contributed by atoms with van der Waals surface area (Å²) in [6.07, 6.45) is 0. The van der Waals surface area contributed by atoms with E-state index in [1.807, 2.05) is 0 Å². The third-order valence-electron chi connectivity index (χ3n) is 4.28. The van der Waals surface area contributed by atoms with Gasteiger partial charge in [-0.2, -0.15) is 0 Å². The van der Waals surface area contributed by atoms with E-state index >= 15 is 0 Å². The Kier molecular flexibility index (Phi) is 6.15. The predicted octanol–water partition coefficient (Wildman–Crippen LogP) is 4.84. The number of hydrogen-bond donors (Lipinski definition) is 2. The summed E-state index contributed by atoms with van der Waals surface area (Å²) in [4.78, 5) is 12.7. The van der Waals surface area contributed by atoms with Crippen LogP contribution in [0.1, 0.15) is 31.1 Å². The summed E-state index contributed by atoms with van der Waals surface area (Å²) < 4.78 is 41.7. The lowest BCUT2D eigenvalue weighted by molar-refractivity contribution is 0.00707. The number of nitrogens with one attached hydrogen (secondary N) is 1. The Bertz CT molecular complexity index is 1200. The number of anilines is 2. The SMILES string of the molecule is CC(C)(C)OC(=O)c1ccc(-c2ccc(S(N)(=O)=O)cc2)cc1Nc1ccc(F)cc1. The topological polar surface area (TPSA) is 98.5 Å². The Morgan fingerprint density at radius 3 is 2.06 bits per heavy atom. The number of esters is 1. The van der Waals surface area contributed by atoms with Gasteiger partial charge in [0, 0.05) is 5.69 Å². The van der Waals surface area contributed by atoms with E-state index in [-0.39, 0.29) is 10.7 Å². The van der Waals surface area contributed by atoms with E-state index in [1.165, 1.54) is 24.3 Å². The minimum atomic E-state index is -3.79. The molecule has 3 aromatic rings. The molecular weight excluding hydrogens is 419 g/mol. The second kappa shape index (κ2) is 8.49. The third kappa shape index (κ3) is 5.90. The van der Waals surface area contributed by atoms with Crippen molar-refractivity contribution in [2.75, 3.05) is 5.32 Å². The molecule has 3 aromatic carbocycles. The number of ether oxygens (including phenoxy) is 1. The number of nitrogens with two attached hydrogens (primary N) is 1. The van der Waals surface area contributed by atoms with Crippen molar-refractivity contribution in [1.82, 2.24) is 0 Å². The molecule has 31 heavy (non-hydrogen) atoms. The van der Waals surface area contributed by atoms with Crippen LogP contribution in [0.15, 0.2) is 71.6 Å². The van der Waals surface area contributed by atoms with Crippen molar-refractivity contribution in [3.8, 4) is 11.1 Å². The van der Waals surface area contributed by atoms with Crippen LogP contribution >= 0.6 is 0 Å². The van der Waals surface area contributed by atoms with E-state index in [0.717, 1.165) is 11.1 Å². The van der Waals surface area contributed by atoms with Crippen LogP contribution in [-0.4, -0.2) is 20.0 Å². The first-order valence-corrected chi connectivity index (χ1v) is 11.0. The van der Waals surface area contributed by atoms with Crippen molar-refractivity contribution < 1.29 is 22.3 Å². The van der Waals surface area contributed by atoms with Crippen LogP contribution in [0.4, 0.5) is 15.8 Å². The molecule has 0 fully saturated rings. The normalized spacial score (nSPS) is 11.8. The van der Waals surface area contributed by atoms with Crippen LogP contribution in [-0.2, 0) is 14.8 Å². The van der Waals surface area contributed by atoms with Crippen molar-refractivity contribution in [3.05, 3.63) is 78.1 Å². The smallest absolute Gasteiger partial charge is 0.340 e. The first-order chi connectivity index (χ1) is 14.4. The zero-order valence-corrected chi connectivity index (χ0v) is 18.2. The second-order valence-corrected chi connectivity index (χ2v) is 9.52. The quantitative estimate of drug-likeness (QED) is 0.551. The van der Waals surface area contributed by atoms with Gasteiger partial charge in [0.15, 0.2) is 0 Å². The minimum absolute atomic E-state index is 0.00582. The van der Waals surface area contributed by atoms with Gasteiger partial charge < -0.3 is 10.1 Å². The van der Waals surface area contributed by atoms with Gasteiger partial charge in [0.2, 0.25) is 10.0 Å². The average molecular weight is 443 g/mol. The van der Waals surface area contributed by atoms with E-state index < -0.39 is 21.6 Å². The fourth-order valence-electron chi connectivity index (χ4n) is 2.86. The first-order valence-electron chi connectivity index (χ1n) is 9.46. The molecule has 6 nitrogen and oxygen atoms in total. The maximum atomic E-state index is 13.3. The molecule has 8 heteroatoms. The molecule has 0 aliphatic rings. The van der Waals surface area contributed by atoms with Gasteiger partial charge in [0.05, 0.1) is 16.1 Å². The predicted molar refractivity (Wildman–Crippen MR) is 118 cm³/mol. The van der Waals surface area contributed by atoms with Crippen molar-refractivity contribution >= 4 is 27.4 Å². The van der Waals surface area contributed by atoms with E-state index in [9.17, 15) is 17.6 Å². The van der Waals surface area contributed by atoms with Crippen LogP contribution in [0.5, 0.6) is 0 Å². The van der Waals surface area contributed by atoms with Gasteiger partial charge in [0.25, 0.3) is 0 Å². The highest BCUT2D eigenvalue weighted by atomic mass is 32.2. The van der Waals surface area contributed by atoms with Gasteiger partial charge >= 0.3 is 5.97 Å². The molecule has 0 aromatic heterocycles. The maximum absolute atomic E-state index is 13.3. The second-order valence-electron chi connectivity index (χ2n) is 7.96. The Balaban J connectivity index is 2.02. The summed E-state index contributed by atoms with van der Waals surface area (Å²) in [5.74, 6) is -0.880. The standard InChI is InChI=1S/C23H23FN2O4S/c1-23(2,3)30-22(27)20-13-6-16(15-4-11-19(12-5-15)31(25,28)29)14-21(20)26-18-9-7-17(24)8-10-18/h4-14,26H,1-3H3,(H2,25,28,29). The van der Waals surface area contributed by atoms with E-state index in [2.05, 4.69) is 5.32 Å². The molecule has 0 radical (unpaired) electrons. The highest BCUT2D eigenvalue weighted by Gasteiger charge is 2.21. The monoisotopic (exact) mass is 442 g/mol. The van der Waals surface area contributed by atoms with Gasteiger partial charge in [-0.3, -0.25) is 0 Å². The van der Waals surface area contributed by atoms with Crippen molar-refractivity contribution in [1.29, 1.82) is 0 Å². The summed E-state index contributed by atoms with van der Waals surface area (Å²) in [6, 6.07) is 16.9. The fourth-order valence-corrected chi connectivity index (χ4v) is 3.38. The van der Waals surface area contributed by atoms with Gasteiger partial charge in [-0.25, -0.2) is 22.7 Å². The molecule has 3 rings (SSSR count). The van der Waals surface area contributed by atoms with Crippen LogP contribution < -0.4 is 10.5 Å². The number of rotatable bonds is 5. The lowest BCUT2D eigenvalue weighted by Crippen LogP contribution is -2.24. The van der Waals surface area contributed by atoms with E-state index in [4.69, 9.17) is 9.88 Å². The average Bonchev–Trinajstić information content (AvgIpc) is 2.68. The van der Waals surface area contributed by atoms with Crippen molar-refractivity contribution in [2.24, 2.45) is 5.14 Å². The van der Waals surface area contributed by atoms with Crippen LogP contribution in [0.3, 0.4) is 0 Å². The molecule has 0 amide bonds. The molecule has 0 aliphatic heterocycles. The molecular formula is C23H23FN2O4S. The fraction of sp³-hybridized carbons (Fsp3) is 0.174. The largest absolute Gasteiger partial charge is 0.456 e. The third-order valence-corrected chi connectivity index (χ3v) is 5.21. The molecule has 0 unspecified atom stereocenters. The molecule has 0 heterocycles. The Morgan fingerprint density at radius 1 is 0.935 bits per heavy atom. The van der Waals surface area contributed by atoms with Crippen molar-refractivity contribution in [3.63, 3.8) is 0 Å². The van der Waals surface area contributed by atoms with Crippen LogP contribution in [0, 0.1) is 5.82 Å². The minimum Gasteiger partial charge on any atom is -0.456 e. The lowest BCUT2D eigenvalue weighted by Gasteiger charge is -2.21. The summed E-state index contributed by atoms with van der Waals surface area (Å²) >= 11 is 0. The highest BCUT2D eigenvalue weighted by Crippen LogP contribution is 2.30. The van der Waals surface area contributed by atoms with Gasteiger partial charge in [-0.15, -0.1) is 0 Å². The molecule has 0 spiro atoms. The Morgan fingerprint density at radius 2 is 1.52 bits per heavy atom. The molecule has 0 saturated carbocycles. The number of benzene rings is 3. The molecule has 162 valence electrons. The first kappa shape index (κ1) is 22.5. The summed E-state index contributed by atoms with van der Waals surface area (Å²) in [5, 5.41) is 8.28. The molecule has 3 N–H and O–H groups in total. The zero-order valence-electron chi connectivity index (χ0n) is 17.3. The number of carbonyl (C=O) groups is 1. The highest BCUT2D eigenvalue weighted by molar-refractivity contribution is 7.89. The number of halogens is 1. The summed E-state index contributed by atoms with van der Waals surface area (Å²) in [6.45, 7) is 5.33. The maximum Gasteiger partial charge on any atom is 0.340 e. The number of sulfonamides is 1. The molecule has 0 saturated heterocycles. The number of primary sulfonamides is 1. The summed E-state index contributed by atoms with van der Waals surface area (Å²) in [5.41, 5.74) is 2.15. The lowest BCUT2D eigenvalue weighted by atomic mass is 10.0. The van der Waals surface area contributed by atoms with E-state index in [0.29, 0.717) is 16.9 Å². The molecule has 0 aliphatic carbocycles. The summed E-state index contributed by atoms with van der Waals surface area (Å²) in [7, 11) is -3.79. The Labute approximate surface area is 180 Å². The number of carbonyl (C=O) groups excluding carboxylic acids is 1. The molecule has 0 bridgehead atoms. The van der Waals surface area contributed by atoms with Crippen LogP contribution in [0.25, 0.3) is 11.1 Å². The van der Waals surface area contributed by atoms with Gasteiger partial charge in [-0.1, -0.05) is 18.2 Å². The number of hydrogen-bond acceptors (Lipinski definition) is 5. The van der Waals surface area contributed by atoms with Gasteiger partial charge in [-0.05, 0) is 80.4 Å². The zero-order chi connectivity index (χ0) is 22.8. The van der Waals surface area contributed by atoms with E-state index in [1.54, 1.807) is 63.2 Å². The van der Waals surface area contributed by atoms with Gasteiger partial charge in [0.1, 0.15) is 11.4 Å². The molecule has 0 atom stereocenters. The van der Waals surface area contributed by atoms with Crippen LogP contribution in [0.2, 0.25) is 0 Å². The van der Waals surface area contributed by atoms with Crippen molar-refractivity contribution in [2.45, 2.75) is 31.3 Å². The Hall–Kier alpha value is -3.23.